The highest BCUT2D eigenvalue weighted by Crippen LogP contribution is 2.39. The molecule has 1 aliphatic carbocycles. The van der Waals surface area contributed by atoms with Crippen LogP contribution >= 0.6 is 24.0 Å². The van der Waals surface area contributed by atoms with E-state index in [-0.39, 0.29) is 35.3 Å². The molecule has 1 aromatic rings. The van der Waals surface area contributed by atoms with E-state index < -0.39 is 0 Å². The minimum absolute atomic E-state index is 0. The molecule has 0 heterocycles. The highest BCUT2D eigenvalue weighted by Gasteiger charge is 2.41. The highest BCUT2D eigenvalue weighted by atomic mass is 127. The van der Waals surface area contributed by atoms with E-state index in [9.17, 15) is 9.90 Å². The molecule has 1 saturated carbocycles. The molecule has 0 saturated heterocycles. The minimum Gasteiger partial charge on any atom is -0.508 e. The maximum Gasteiger partial charge on any atom is 0.230 e. The van der Waals surface area contributed by atoms with Crippen LogP contribution in [-0.4, -0.2) is 55.6 Å². The number of aryl methyl sites for hydroxylation is 1. The maximum absolute atomic E-state index is 12.7. The van der Waals surface area contributed by atoms with Crippen molar-refractivity contribution in [1.29, 1.82) is 0 Å². The van der Waals surface area contributed by atoms with Gasteiger partial charge in [-0.25, -0.2) is 0 Å². The third-order valence-corrected chi connectivity index (χ3v) is 5.18. The molecule has 0 atom stereocenters. The third kappa shape index (κ3) is 7.14. The molecule has 0 bridgehead atoms. The molecular formula is C21H35IN4O2. The SMILES string of the molecule is CCNC(=NCC1(C(=O)N(C)C)CCCC1)NCCCc1ccc(O)cc1.I. The number of rotatable bonds is 8. The zero-order valence-electron chi connectivity index (χ0n) is 17.3. The Kier molecular flexibility index (Phi) is 10.6. The predicted molar refractivity (Wildman–Crippen MR) is 125 cm³/mol. The van der Waals surface area contributed by atoms with E-state index >= 15 is 0 Å². The van der Waals surface area contributed by atoms with E-state index in [1.54, 1.807) is 17.0 Å². The molecule has 0 unspecified atom stereocenters. The quantitative estimate of drug-likeness (QED) is 0.221. The number of carbonyl (C=O) groups is 1. The fraction of sp³-hybridized carbons (Fsp3) is 0.619. The number of halogens is 1. The van der Waals surface area contributed by atoms with E-state index in [2.05, 4.69) is 10.6 Å². The molecule has 2 rings (SSSR count). The van der Waals surface area contributed by atoms with Crippen molar-refractivity contribution in [2.45, 2.75) is 45.4 Å². The summed E-state index contributed by atoms with van der Waals surface area (Å²) in [6, 6.07) is 7.34. The number of phenolic OH excluding ortho intramolecular Hbond substituents is 1. The van der Waals surface area contributed by atoms with Crippen LogP contribution in [0.4, 0.5) is 0 Å². The molecule has 0 radical (unpaired) electrons. The number of benzene rings is 1. The standard InChI is InChI=1S/C21H34N4O2.HI/c1-4-22-20(23-15-7-8-17-9-11-18(26)12-10-17)24-16-21(13-5-6-14-21)19(27)25(2)3;/h9-12,26H,4-8,13-16H2,1-3H3,(H2,22,23,24);1H. The van der Waals surface area contributed by atoms with Crippen LogP contribution < -0.4 is 10.6 Å². The van der Waals surface area contributed by atoms with Gasteiger partial charge in [-0.2, -0.15) is 0 Å². The minimum atomic E-state index is -0.335. The molecule has 6 nitrogen and oxygen atoms in total. The van der Waals surface area contributed by atoms with Gasteiger partial charge in [0.1, 0.15) is 5.75 Å². The predicted octanol–water partition coefficient (Wildman–Crippen LogP) is 3.15. The van der Waals surface area contributed by atoms with Gasteiger partial charge in [0.15, 0.2) is 5.96 Å². The van der Waals surface area contributed by atoms with E-state index in [1.807, 2.05) is 33.2 Å². The summed E-state index contributed by atoms with van der Waals surface area (Å²) >= 11 is 0. The Morgan fingerprint density at radius 3 is 2.39 bits per heavy atom. The molecule has 0 spiro atoms. The first-order chi connectivity index (χ1) is 13.0. The number of guanidine groups is 1. The zero-order chi connectivity index (χ0) is 19.7. The van der Waals surface area contributed by atoms with Gasteiger partial charge in [-0.15, -0.1) is 24.0 Å². The highest BCUT2D eigenvalue weighted by molar-refractivity contribution is 14.0. The summed E-state index contributed by atoms with van der Waals surface area (Å²) in [5.74, 6) is 1.28. The van der Waals surface area contributed by atoms with Crippen LogP contribution in [0.25, 0.3) is 0 Å². The van der Waals surface area contributed by atoms with Gasteiger partial charge in [0, 0.05) is 27.2 Å². The average molecular weight is 502 g/mol. The number of carbonyl (C=O) groups excluding carboxylic acids is 1. The van der Waals surface area contributed by atoms with Crippen molar-refractivity contribution in [3.05, 3.63) is 29.8 Å². The molecule has 7 heteroatoms. The molecule has 158 valence electrons. The van der Waals surface area contributed by atoms with Crippen LogP contribution in [0.2, 0.25) is 0 Å². The van der Waals surface area contributed by atoms with Crippen molar-refractivity contribution in [2.75, 3.05) is 33.7 Å². The van der Waals surface area contributed by atoms with E-state index in [0.29, 0.717) is 12.3 Å². The molecule has 1 aromatic carbocycles. The Labute approximate surface area is 186 Å². The number of hydrogen-bond acceptors (Lipinski definition) is 3. The van der Waals surface area contributed by atoms with Gasteiger partial charge in [0.05, 0.1) is 12.0 Å². The van der Waals surface area contributed by atoms with Gasteiger partial charge < -0.3 is 20.6 Å². The number of amides is 1. The second-order valence-corrected chi connectivity index (χ2v) is 7.58. The monoisotopic (exact) mass is 502 g/mol. The lowest BCUT2D eigenvalue weighted by Crippen LogP contribution is -2.43. The van der Waals surface area contributed by atoms with Gasteiger partial charge in [-0.3, -0.25) is 9.79 Å². The number of hydrogen-bond donors (Lipinski definition) is 3. The Morgan fingerprint density at radius 2 is 1.82 bits per heavy atom. The van der Waals surface area contributed by atoms with Gasteiger partial charge >= 0.3 is 0 Å². The van der Waals surface area contributed by atoms with Crippen LogP contribution in [0.5, 0.6) is 5.75 Å². The lowest BCUT2D eigenvalue weighted by atomic mass is 9.85. The fourth-order valence-corrected chi connectivity index (χ4v) is 3.70. The Balaban J connectivity index is 0.00000392. The zero-order valence-corrected chi connectivity index (χ0v) is 19.7. The lowest BCUT2D eigenvalue weighted by Gasteiger charge is -2.29. The maximum atomic E-state index is 12.7. The van der Waals surface area contributed by atoms with E-state index in [1.165, 1.54) is 5.56 Å². The third-order valence-electron chi connectivity index (χ3n) is 5.18. The second-order valence-electron chi connectivity index (χ2n) is 7.58. The Hall–Kier alpha value is -1.51. The fourth-order valence-electron chi connectivity index (χ4n) is 3.70. The van der Waals surface area contributed by atoms with Crippen molar-refractivity contribution >= 4 is 35.8 Å². The van der Waals surface area contributed by atoms with E-state index in [0.717, 1.165) is 57.6 Å². The Morgan fingerprint density at radius 1 is 1.18 bits per heavy atom. The van der Waals surface area contributed by atoms with Gasteiger partial charge in [0.2, 0.25) is 5.91 Å². The molecule has 1 aliphatic rings. The molecule has 3 N–H and O–H groups in total. The lowest BCUT2D eigenvalue weighted by molar-refractivity contribution is -0.138. The average Bonchev–Trinajstić information content (AvgIpc) is 3.14. The van der Waals surface area contributed by atoms with Gasteiger partial charge in [-0.1, -0.05) is 25.0 Å². The number of aromatic hydroxyl groups is 1. The second kappa shape index (κ2) is 12.1. The number of phenols is 1. The summed E-state index contributed by atoms with van der Waals surface area (Å²) in [5.41, 5.74) is 0.871. The van der Waals surface area contributed by atoms with Crippen molar-refractivity contribution in [2.24, 2.45) is 10.4 Å². The van der Waals surface area contributed by atoms with Crippen LogP contribution in [-0.2, 0) is 11.2 Å². The van der Waals surface area contributed by atoms with Crippen LogP contribution in [0.1, 0.15) is 44.6 Å². The summed E-state index contributed by atoms with van der Waals surface area (Å²) in [7, 11) is 3.66. The molecule has 1 amide bonds. The van der Waals surface area contributed by atoms with Gasteiger partial charge in [-0.05, 0) is 50.3 Å². The number of aliphatic imine (C=N–C) groups is 1. The number of nitrogens with zero attached hydrogens (tertiary/aromatic N) is 2. The summed E-state index contributed by atoms with van der Waals surface area (Å²) in [5, 5.41) is 16.0. The largest absolute Gasteiger partial charge is 0.508 e. The van der Waals surface area contributed by atoms with Crippen molar-refractivity contribution in [3.63, 3.8) is 0 Å². The Bertz CT molecular complexity index is 626. The normalized spacial score (nSPS) is 15.6. The first-order valence-electron chi connectivity index (χ1n) is 9.99. The van der Waals surface area contributed by atoms with E-state index in [4.69, 9.17) is 4.99 Å². The molecular weight excluding hydrogens is 467 g/mol. The first kappa shape index (κ1) is 24.5. The van der Waals surface area contributed by atoms with Crippen molar-refractivity contribution in [1.82, 2.24) is 15.5 Å². The topological polar surface area (TPSA) is 77.0 Å². The van der Waals surface area contributed by atoms with Crippen LogP contribution in [0, 0.1) is 5.41 Å². The molecule has 1 fully saturated rings. The smallest absolute Gasteiger partial charge is 0.230 e. The summed E-state index contributed by atoms with van der Waals surface area (Å²) < 4.78 is 0. The summed E-state index contributed by atoms with van der Waals surface area (Å²) in [4.78, 5) is 19.1. The van der Waals surface area contributed by atoms with Crippen LogP contribution in [0.3, 0.4) is 0 Å². The molecule has 0 aromatic heterocycles. The number of nitrogens with one attached hydrogen (secondary N) is 2. The van der Waals surface area contributed by atoms with Gasteiger partial charge in [0.25, 0.3) is 0 Å². The molecule has 28 heavy (non-hydrogen) atoms. The van der Waals surface area contributed by atoms with Crippen molar-refractivity contribution in [3.8, 4) is 5.75 Å². The van der Waals surface area contributed by atoms with Crippen molar-refractivity contribution < 1.29 is 9.90 Å². The van der Waals surface area contributed by atoms with Crippen LogP contribution in [0.15, 0.2) is 29.3 Å². The summed E-state index contributed by atoms with van der Waals surface area (Å²) in [6.45, 7) is 4.18. The molecule has 0 aliphatic heterocycles. The first-order valence-corrected chi connectivity index (χ1v) is 9.99. The summed E-state index contributed by atoms with van der Waals surface area (Å²) in [6.07, 6.45) is 5.96.